The number of aromatic hydroxyl groups is 2. The summed E-state index contributed by atoms with van der Waals surface area (Å²) in [7, 11) is 2.83. The Kier molecular flexibility index (Phi) is 4.87. The highest BCUT2D eigenvalue weighted by Gasteiger charge is 2.74. The van der Waals surface area contributed by atoms with Crippen molar-refractivity contribution in [1.82, 2.24) is 0 Å². The Bertz CT molecular complexity index is 1260. The van der Waals surface area contributed by atoms with Gasteiger partial charge in [0, 0.05) is 12.0 Å². The van der Waals surface area contributed by atoms with Gasteiger partial charge in [0.25, 0.3) is 0 Å². The average molecular weight is 464 g/mol. The second kappa shape index (κ2) is 7.56. The number of phenolic OH excluding ortho intramolecular Hbond substituents is 2. The number of carboxylic acids is 1. The molecule has 8 nitrogen and oxygen atoms in total. The molecule has 0 bridgehead atoms. The fourth-order valence-corrected chi connectivity index (χ4v) is 5.69. The molecule has 0 aromatic heterocycles. The van der Waals surface area contributed by atoms with Crippen LogP contribution in [0.1, 0.15) is 29.0 Å². The van der Waals surface area contributed by atoms with Crippen LogP contribution in [0.2, 0.25) is 0 Å². The Hall–Kier alpha value is -3.91. The van der Waals surface area contributed by atoms with Gasteiger partial charge in [-0.3, -0.25) is 4.79 Å². The maximum Gasteiger partial charge on any atom is 0.307 e. The minimum Gasteiger partial charge on any atom is -0.504 e. The standard InChI is InChI=1S/C26H24O8/c1-32-16-10-8-15(9-11-16)26-20(14-6-4-3-5-7-14)17(24(29)30)13-25(26,31)21-19(34-26)12-18(27)22(28)23(21)33-2/h3-12,17,20,27-28,31H,13H2,1-2H3,(H,29,30). The zero-order chi connectivity index (χ0) is 24.3. The van der Waals surface area contributed by atoms with Gasteiger partial charge in [-0.05, 0) is 29.7 Å². The van der Waals surface area contributed by atoms with E-state index in [0.717, 1.165) is 0 Å². The fraction of sp³-hybridized carbons (Fsp3) is 0.269. The summed E-state index contributed by atoms with van der Waals surface area (Å²) in [6.45, 7) is 0. The molecule has 34 heavy (non-hydrogen) atoms. The Balaban J connectivity index is 1.86. The van der Waals surface area contributed by atoms with E-state index in [1.54, 1.807) is 48.5 Å². The van der Waals surface area contributed by atoms with Gasteiger partial charge >= 0.3 is 5.97 Å². The molecule has 4 N–H and O–H groups in total. The van der Waals surface area contributed by atoms with Crippen molar-refractivity contribution in [2.45, 2.75) is 23.5 Å². The Morgan fingerprint density at radius 1 is 1.03 bits per heavy atom. The number of carboxylic acid groups (broad SMARTS) is 1. The largest absolute Gasteiger partial charge is 0.504 e. The molecule has 1 heterocycles. The van der Waals surface area contributed by atoms with E-state index >= 15 is 0 Å². The molecule has 1 aliphatic heterocycles. The predicted octanol–water partition coefficient (Wildman–Crippen LogP) is 3.48. The monoisotopic (exact) mass is 464 g/mol. The van der Waals surface area contributed by atoms with Crippen LogP contribution in [0.15, 0.2) is 60.7 Å². The van der Waals surface area contributed by atoms with Crippen molar-refractivity contribution in [1.29, 1.82) is 0 Å². The second-order valence-corrected chi connectivity index (χ2v) is 8.61. The normalized spacial score (nSPS) is 26.9. The van der Waals surface area contributed by atoms with Crippen LogP contribution in [0.5, 0.6) is 28.7 Å². The second-order valence-electron chi connectivity index (χ2n) is 8.61. The topological polar surface area (TPSA) is 126 Å². The van der Waals surface area contributed by atoms with E-state index < -0.39 is 40.5 Å². The lowest BCUT2D eigenvalue weighted by molar-refractivity contribution is -0.142. The van der Waals surface area contributed by atoms with Crippen molar-refractivity contribution >= 4 is 5.97 Å². The lowest BCUT2D eigenvalue weighted by atomic mass is 9.70. The highest BCUT2D eigenvalue weighted by molar-refractivity contribution is 5.76. The molecule has 3 aromatic rings. The number of fused-ring (bicyclic) bond motifs is 3. The average Bonchev–Trinajstić information content (AvgIpc) is 3.25. The number of aliphatic carboxylic acids is 1. The molecule has 5 rings (SSSR count). The molecular formula is C26H24O8. The number of hydrogen-bond donors (Lipinski definition) is 4. The summed E-state index contributed by atoms with van der Waals surface area (Å²) in [5.41, 5.74) is -2.21. The number of hydrogen-bond acceptors (Lipinski definition) is 7. The SMILES string of the molecule is COc1ccc(C23Oc4cc(O)c(O)c(OC)c4C2(O)CC(C(=O)O)C3c2ccccc2)cc1. The Morgan fingerprint density at radius 2 is 1.71 bits per heavy atom. The van der Waals surface area contributed by atoms with E-state index in [-0.39, 0.29) is 23.5 Å². The first-order chi connectivity index (χ1) is 16.3. The number of ether oxygens (including phenoxy) is 3. The van der Waals surface area contributed by atoms with E-state index in [1.165, 1.54) is 20.3 Å². The van der Waals surface area contributed by atoms with Gasteiger partial charge in [-0.1, -0.05) is 42.5 Å². The highest BCUT2D eigenvalue weighted by Crippen LogP contribution is 2.71. The van der Waals surface area contributed by atoms with Crippen LogP contribution < -0.4 is 14.2 Å². The van der Waals surface area contributed by atoms with Gasteiger partial charge in [0.2, 0.25) is 5.75 Å². The number of aliphatic hydroxyl groups is 1. The minimum atomic E-state index is -1.91. The van der Waals surface area contributed by atoms with E-state index in [2.05, 4.69) is 0 Å². The summed E-state index contributed by atoms with van der Waals surface area (Å²) < 4.78 is 17.2. The van der Waals surface area contributed by atoms with Crippen molar-refractivity contribution in [3.05, 3.63) is 77.4 Å². The van der Waals surface area contributed by atoms with Gasteiger partial charge in [0.15, 0.2) is 17.1 Å². The molecule has 176 valence electrons. The van der Waals surface area contributed by atoms with Gasteiger partial charge in [-0.25, -0.2) is 0 Å². The first-order valence-electron chi connectivity index (χ1n) is 10.8. The zero-order valence-corrected chi connectivity index (χ0v) is 18.6. The van der Waals surface area contributed by atoms with E-state index in [4.69, 9.17) is 14.2 Å². The molecule has 0 saturated heterocycles. The van der Waals surface area contributed by atoms with Crippen molar-refractivity contribution in [2.75, 3.05) is 14.2 Å². The number of benzene rings is 3. The molecule has 4 unspecified atom stereocenters. The van der Waals surface area contributed by atoms with Gasteiger partial charge < -0.3 is 34.6 Å². The number of methoxy groups -OCH3 is 2. The number of carbonyl (C=O) groups is 1. The van der Waals surface area contributed by atoms with Crippen molar-refractivity contribution < 1.29 is 39.4 Å². The Morgan fingerprint density at radius 3 is 2.29 bits per heavy atom. The summed E-state index contributed by atoms with van der Waals surface area (Å²) in [6.07, 6.45) is -0.207. The van der Waals surface area contributed by atoms with Crippen LogP contribution in [-0.4, -0.2) is 40.6 Å². The van der Waals surface area contributed by atoms with Gasteiger partial charge in [0.05, 0.1) is 25.7 Å². The van der Waals surface area contributed by atoms with Gasteiger partial charge in [-0.2, -0.15) is 0 Å². The first kappa shape index (κ1) is 21.9. The molecule has 1 fully saturated rings. The molecule has 1 saturated carbocycles. The fourth-order valence-electron chi connectivity index (χ4n) is 5.69. The molecule has 4 atom stereocenters. The van der Waals surface area contributed by atoms with Crippen molar-refractivity contribution in [3.63, 3.8) is 0 Å². The van der Waals surface area contributed by atoms with Crippen LogP contribution in [0.4, 0.5) is 0 Å². The summed E-state index contributed by atoms with van der Waals surface area (Å²) in [6, 6.07) is 17.1. The van der Waals surface area contributed by atoms with Crippen LogP contribution in [0.25, 0.3) is 0 Å². The molecule has 0 amide bonds. The number of rotatable bonds is 5. The summed E-state index contributed by atoms with van der Waals surface area (Å²) in [5, 5.41) is 43.4. The molecule has 1 aliphatic carbocycles. The molecule has 3 aromatic carbocycles. The molecule has 2 aliphatic rings. The van der Waals surface area contributed by atoms with Gasteiger partial charge in [-0.15, -0.1) is 0 Å². The molecule has 8 heteroatoms. The maximum atomic E-state index is 12.5. The van der Waals surface area contributed by atoms with E-state index in [0.29, 0.717) is 16.9 Å². The molecule has 0 radical (unpaired) electrons. The zero-order valence-electron chi connectivity index (χ0n) is 18.6. The van der Waals surface area contributed by atoms with E-state index in [1.807, 2.05) is 6.07 Å². The van der Waals surface area contributed by atoms with Crippen LogP contribution in [0, 0.1) is 5.92 Å². The quantitative estimate of drug-likeness (QED) is 0.423. The molecular weight excluding hydrogens is 440 g/mol. The minimum absolute atomic E-state index is 0.103. The maximum absolute atomic E-state index is 12.5. The lowest BCUT2D eigenvalue weighted by Crippen LogP contribution is -2.48. The van der Waals surface area contributed by atoms with Crippen molar-refractivity contribution in [2.24, 2.45) is 5.92 Å². The third-order valence-corrected chi connectivity index (χ3v) is 7.05. The third kappa shape index (κ3) is 2.72. The Labute approximate surface area is 195 Å². The van der Waals surface area contributed by atoms with Gasteiger partial charge in [0.1, 0.15) is 17.1 Å². The third-order valence-electron chi connectivity index (χ3n) is 7.05. The summed E-state index contributed by atoms with van der Waals surface area (Å²) in [5.74, 6) is -3.43. The molecule has 0 spiro atoms. The van der Waals surface area contributed by atoms with Crippen LogP contribution >= 0.6 is 0 Å². The summed E-state index contributed by atoms with van der Waals surface area (Å²) >= 11 is 0. The lowest BCUT2D eigenvalue weighted by Gasteiger charge is -2.40. The summed E-state index contributed by atoms with van der Waals surface area (Å²) in [4.78, 5) is 12.5. The highest BCUT2D eigenvalue weighted by atomic mass is 16.5. The van der Waals surface area contributed by atoms with Crippen molar-refractivity contribution in [3.8, 4) is 28.7 Å². The first-order valence-corrected chi connectivity index (χ1v) is 10.8. The van der Waals surface area contributed by atoms with Crippen LogP contribution in [-0.2, 0) is 16.0 Å². The van der Waals surface area contributed by atoms with E-state index in [9.17, 15) is 25.2 Å². The predicted molar refractivity (Wildman–Crippen MR) is 120 cm³/mol. The number of phenols is 2. The smallest absolute Gasteiger partial charge is 0.307 e. The van der Waals surface area contributed by atoms with Crippen LogP contribution in [0.3, 0.4) is 0 Å².